The molecule has 24 nitrogen and oxygen atoms in total. The summed E-state index contributed by atoms with van der Waals surface area (Å²) in [6.45, 7) is -1.17. The average molecular weight is 755 g/mol. The van der Waals surface area contributed by atoms with E-state index < -0.39 is 152 Å². The third-order valence-corrected chi connectivity index (χ3v) is 8.50. The van der Waals surface area contributed by atoms with Crippen LogP contribution in [0.3, 0.4) is 0 Å². The number of carboxylic acids is 1. The smallest absolute Gasteiger partial charge is 0.397 e. The average Bonchev–Trinajstić information content (AvgIpc) is 3.02. The lowest BCUT2D eigenvalue weighted by atomic mass is 9.88. The van der Waals surface area contributed by atoms with Gasteiger partial charge in [-0.3, -0.25) is 14.1 Å². The monoisotopic (exact) mass is 754 g/mol. The van der Waals surface area contributed by atoms with Crippen molar-refractivity contribution in [3.63, 3.8) is 0 Å². The first-order chi connectivity index (χ1) is 23.1. The molecule has 3 saturated heterocycles. The van der Waals surface area contributed by atoms with Gasteiger partial charge in [-0.1, -0.05) is 0 Å². The number of aliphatic hydroxyl groups is 9. The Morgan fingerprint density at radius 1 is 0.880 bits per heavy atom. The van der Waals surface area contributed by atoms with E-state index in [4.69, 9.17) is 28.2 Å². The SMILES string of the molecule is CC(=O)N[C@@H]1[C@@H](O[C@@H]2O[C@H](COS(=O)(=O)O)[C@H](O)[C@H](O)[C@H]2O)[C@H](O)[C@@H](CO[C@]2(C(=O)O)C[C@H](O)[C@@H](NC(C)=O)[C@H]([C@H](O)[C@H](O)CO)O2)O[C@H]1O. The van der Waals surface area contributed by atoms with Gasteiger partial charge in [0.1, 0.15) is 67.1 Å². The second-order valence-corrected chi connectivity index (χ2v) is 12.9. The number of hydrogen-bond donors (Lipinski definition) is 13. The third kappa shape index (κ3) is 9.98. The van der Waals surface area contributed by atoms with Crippen molar-refractivity contribution in [3.05, 3.63) is 0 Å². The summed E-state index contributed by atoms with van der Waals surface area (Å²) >= 11 is 0. The second-order valence-electron chi connectivity index (χ2n) is 11.8. The number of rotatable bonds is 14. The van der Waals surface area contributed by atoms with Gasteiger partial charge in [-0.2, -0.15) is 8.42 Å². The van der Waals surface area contributed by atoms with Gasteiger partial charge >= 0.3 is 16.4 Å². The van der Waals surface area contributed by atoms with Crippen LogP contribution >= 0.6 is 0 Å². The van der Waals surface area contributed by atoms with E-state index >= 15 is 0 Å². The van der Waals surface area contributed by atoms with Gasteiger partial charge < -0.3 is 85.4 Å². The van der Waals surface area contributed by atoms with Crippen LogP contribution in [0.15, 0.2) is 0 Å². The van der Waals surface area contributed by atoms with Gasteiger partial charge in [0.2, 0.25) is 11.8 Å². The molecule has 3 fully saturated rings. The predicted molar refractivity (Wildman–Crippen MR) is 152 cm³/mol. The Hall–Kier alpha value is -2.28. The standard InChI is InChI=1S/C25H42N2O22S/c1-7(29)26-13-9(31)3-25(24(39)40,49-21(13)15(33)10(32)4-28)44-5-11-17(35)20(14(22(38)46-11)27-8(2)30)48-23-19(37)18(36)16(34)12(47-23)6-45-50(41,42)43/h9-23,28,31-38H,3-6H2,1-2H3,(H,26,29)(H,27,30)(H,39,40)(H,41,42,43)/t9-,10+,11+,12+,13+,14+,15+,16-,17+,18-,19+,20+,21+,22+,23-,25+/m0/s1. The molecule has 0 spiro atoms. The zero-order chi connectivity index (χ0) is 37.9. The van der Waals surface area contributed by atoms with Gasteiger partial charge in [0, 0.05) is 20.3 Å². The quantitative estimate of drug-likeness (QED) is 0.0732. The van der Waals surface area contributed by atoms with Crippen LogP contribution in [0.2, 0.25) is 0 Å². The molecular weight excluding hydrogens is 712 g/mol. The fourth-order valence-electron chi connectivity index (χ4n) is 5.59. The molecular formula is C25H42N2O22S. The van der Waals surface area contributed by atoms with Crippen LogP contribution in [-0.4, -0.2) is 199 Å². The Morgan fingerprint density at radius 3 is 2.00 bits per heavy atom. The van der Waals surface area contributed by atoms with E-state index in [1.165, 1.54) is 0 Å². The Kier molecular flexibility index (Phi) is 14.4. The molecule has 290 valence electrons. The van der Waals surface area contributed by atoms with Crippen LogP contribution in [-0.2, 0) is 52.7 Å². The first-order valence-corrected chi connectivity index (χ1v) is 16.2. The van der Waals surface area contributed by atoms with E-state index in [1.807, 2.05) is 0 Å². The van der Waals surface area contributed by atoms with Crippen LogP contribution in [0.4, 0.5) is 0 Å². The van der Waals surface area contributed by atoms with Crippen LogP contribution in [0.5, 0.6) is 0 Å². The number of aliphatic carboxylic acids is 1. The van der Waals surface area contributed by atoms with Crippen molar-refractivity contribution in [2.75, 3.05) is 19.8 Å². The van der Waals surface area contributed by atoms with E-state index in [0.29, 0.717) is 0 Å². The number of carboxylic acid groups (broad SMARTS) is 1. The molecule has 0 saturated carbocycles. The van der Waals surface area contributed by atoms with Gasteiger partial charge in [-0.25, -0.2) is 8.98 Å². The number of ether oxygens (including phenoxy) is 5. The van der Waals surface area contributed by atoms with E-state index in [2.05, 4.69) is 14.8 Å². The Balaban J connectivity index is 1.88. The molecule has 3 heterocycles. The van der Waals surface area contributed by atoms with Gasteiger partial charge in [0.25, 0.3) is 5.79 Å². The van der Waals surface area contributed by atoms with Crippen molar-refractivity contribution < 1.29 is 106 Å². The maximum atomic E-state index is 12.5. The largest absolute Gasteiger partial charge is 0.477 e. The molecule has 16 atom stereocenters. The minimum Gasteiger partial charge on any atom is -0.477 e. The van der Waals surface area contributed by atoms with Gasteiger partial charge in [0.05, 0.1) is 32.0 Å². The van der Waals surface area contributed by atoms with E-state index in [9.17, 15) is 73.9 Å². The molecule has 3 aliphatic heterocycles. The van der Waals surface area contributed by atoms with Crippen LogP contribution < -0.4 is 10.6 Å². The minimum atomic E-state index is -5.07. The molecule has 0 aliphatic carbocycles. The fraction of sp³-hybridized carbons (Fsp3) is 0.880. The third-order valence-electron chi connectivity index (χ3n) is 8.07. The molecule has 0 aromatic carbocycles. The summed E-state index contributed by atoms with van der Waals surface area (Å²) in [5.41, 5.74) is 0. The van der Waals surface area contributed by atoms with Crippen LogP contribution in [0, 0.1) is 0 Å². The zero-order valence-corrected chi connectivity index (χ0v) is 27.1. The number of hydrogen-bond acceptors (Lipinski definition) is 20. The van der Waals surface area contributed by atoms with E-state index in [-0.39, 0.29) is 0 Å². The lowest BCUT2D eigenvalue weighted by Crippen LogP contribution is -2.69. The highest BCUT2D eigenvalue weighted by molar-refractivity contribution is 7.80. The molecule has 50 heavy (non-hydrogen) atoms. The second kappa shape index (κ2) is 17.0. The highest BCUT2D eigenvalue weighted by Crippen LogP contribution is 2.35. The minimum absolute atomic E-state index is 0.754. The highest BCUT2D eigenvalue weighted by atomic mass is 32.3. The summed E-state index contributed by atoms with van der Waals surface area (Å²) < 4.78 is 62.2. The summed E-state index contributed by atoms with van der Waals surface area (Å²) in [5.74, 6) is -6.40. The highest BCUT2D eigenvalue weighted by Gasteiger charge is 2.57. The summed E-state index contributed by atoms with van der Waals surface area (Å²) in [7, 11) is -5.07. The van der Waals surface area contributed by atoms with Crippen molar-refractivity contribution in [2.45, 2.75) is 118 Å². The first-order valence-electron chi connectivity index (χ1n) is 14.8. The Bertz CT molecular complexity index is 1290. The van der Waals surface area contributed by atoms with Crippen molar-refractivity contribution in [3.8, 4) is 0 Å². The number of aliphatic hydroxyl groups excluding tert-OH is 9. The van der Waals surface area contributed by atoms with Crippen LogP contribution in [0.25, 0.3) is 0 Å². The molecule has 3 aliphatic rings. The van der Waals surface area contributed by atoms with Gasteiger partial charge in [-0.15, -0.1) is 0 Å². The van der Waals surface area contributed by atoms with Crippen molar-refractivity contribution >= 4 is 28.2 Å². The molecule has 0 aromatic heterocycles. The first kappa shape index (κ1) is 42.1. The number of carbonyl (C=O) groups excluding carboxylic acids is 2. The number of amides is 2. The fourth-order valence-corrected chi connectivity index (χ4v) is 5.90. The molecule has 25 heteroatoms. The summed E-state index contributed by atoms with van der Waals surface area (Å²) in [6.07, 6.45) is -26.7. The summed E-state index contributed by atoms with van der Waals surface area (Å²) in [6, 6.07) is -3.22. The van der Waals surface area contributed by atoms with E-state index in [1.54, 1.807) is 0 Å². The molecule has 0 bridgehead atoms. The van der Waals surface area contributed by atoms with Crippen molar-refractivity contribution in [2.24, 2.45) is 0 Å². The lowest BCUT2D eigenvalue weighted by Gasteiger charge is -2.48. The molecule has 0 radical (unpaired) electrons. The molecule has 13 N–H and O–H groups in total. The van der Waals surface area contributed by atoms with Crippen LogP contribution in [0.1, 0.15) is 20.3 Å². The molecule has 2 amide bonds. The molecule has 0 unspecified atom stereocenters. The Labute approximate surface area is 283 Å². The zero-order valence-electron chi connectivity index (χ0n) is 26.3. The van der Waals surface area contributed by atoms with Gasteiger partial charge in [-0.05, 0) is 0 Å². The number of nitrogens with one attached hydrogen (secondary N) is 2. The van der Waals surface area contributed by atoms with Gasteiger partial charge in [0.15, 0.2) is 12.6 Å². The topological polar surface area (TPSA) is 387 Å². The number of carbonyl (C=O) groups is 3. The van der Waals surface area contributed by atoms with Crippen molar-refractivity contribution in [1.82, 2.24) is 10.6 Å². The maximum absolute atomic E-state index is 12.5. The van der Waals surface area contributed by atoms with E-state index in [0.717, 1.165) is 13.8 Å². The molecule has 3 rings (SSSR count). The normalized spacial score (nSPS) is 40.8. The summed E-state index contributed by atoms with van der Waals surface area (Å²) in [5, 5.41) is 108. The van der Waals surface area contributed by atoms with Crippen molar-refractivity contribution in [1.29, 1.82) is 0 Å². The lowest BCUT2D eigenvalue weighted by molar-refractivity contribution is -0.351. The summed E-state index contributed by atoms with van der Waals surface area (Å²) in [4.78, 5) is 36.2. The maximum Gasteiger partial charge on any atom is 0.397 e. The Morgan fingerprint density at radius 2 is 1.46 bits per heavy atom. The predicted octanol–water partition coefficient (Wildman–Crippen LogP) is -8.25. The molecule has 0 aromatic rings.